The minimum atomic E-state index is -0.554. The van der Waals surface area contributed by atoms with Crippen LogP contribution >= 0.6 is 15.9 Å². The van der Waals surface area contributed by atoms with E-state index in [0.29, 0.717) is 35.4 Å². The fourth-order valence-corrected chi connectivity index (χ4v) is 5.16. The van der Waals surface area contributed by atoms with Crippen LogP contribution in [0, 0.1) is 11.2 Å². The van der Waals surface area contributed by atoms with Crippen molar-refractivity contribution in [2.24, 2.45) is 5.41 Å². The minimum absolute atomic E-state index is 0.00704. The number of hydrogen-bond donors (Lipinski definition) is 1. The molecule has 1 aromatic carbocycles. The zero-order valence-electron chi connectivity index (χ0n) is 19.7. The van der Waals surface area contributed by atoms with Gasteiger partial charge in [0, 0.05) is 23.9 Å². The maximum Gasteiger partial charge on any atom is 0.410 e. The molecule has 0 radical (unpaired) electrons. The number of piperazine rings is 1. The van der Waals surface area contributed by atoms with Crippen molar-refractivity contribution < 1.29 is 23.8 Å². The molecular weight excluding hydrogens is 507 g/mol. The molecule has 2 unspecified atom stereocenters. The summed E-state index contributed by atoms with van der Waals surface area (Å²) in [5.41, 5.74) is -0.613. The number of halogens is 2. The molecule has 1 aliphatic carbocycles. The number of rotatable bonds is 5. The summed E-state index contributed by atoms with van der Waals surface area (Å²) in [6, 6.07) is 3.54. The molecule has 2 aliphatic heterocycles. The van der Waals surface area contributed by atoms with Gasteiger partial charge in [-0.2, -0.15) is 9.97 Å². The van der Waals surface area contributed by atoms with Crippen LogP contribution in [0.4, 0.5) is 15.0 Å². The van der Waals surface area contributed by atoms with Crippen molar-refractivity contribution in [3.05, 3.63) is 22.4 Å². The zero-order chi connectivity index (χ0) is 24.3. The minimum Gasteiger partial charge on any atom is -0.463 e. The van der Waals surface area contributed by atoms with Gasteiger partial charge in [0.05, 0.1) is 29.8 Å². The number of amides is 1. The first-order valence-electron chi connectivity index (χ1n) is 11.7. The lowest BCUT2D eigenvalue weighted by atomic mass is 10.1. The molecule has 34 heavy (non-hydrogen) atoms. The Balaban J connectivity index is 1.45. The third-order valence-corrected chi connectivity index (χ3v) is 7.52. The van der Waals surface area contributed by atoms with Gasteiger partial charge >= 0.3 is 12.1 Å². The average Bonchev–Trinajstić information content (AvgIpc) is 3.51. The van der Waals surface area contributed by atoms with Gasteiger partial charge in [-0.1, -0.05) is 0 Å². The third-order valence-electron chi connectivity index (χ3n) is 6.90. The molecule has 10 heteroatoms. The molecule has 3 fully saturated rings. The van der Waals surface area contributed by atoms with Crippen molar-refractivity contribution in [1.82, 2.24) is 14.9 Å². The van der Waals surface area contributed by atoms with Crippen LogP contribution in [0.15, 0.2) is 16.6 Å². The summed E-state index contributed by atoms with van der Waals surface area (Å²) < 4.78 is 26.9. The van der Waals surface area contributed by atoms with E-state index in [1.54, 1.807) is 12.1 Å². The van der Waals surface area contributed by atoms with Crippen LogP contribution in [0.2, 0.25) is 0 Å². The van der Waals surface area contributed by atoms with Crippen molar-refractivity contribution in [3.8, 4) is 6.01 Å². The SMILES string of the molecule is CC(C)(C)OC(=O)N1C2CCC1CN(c1nc(OCC3(CO)CC3)nc3c(F)c(Br)ccc13)C2. The number of carbonyl (C=O) groups excluding carboxylic acids is 1. The summed E-state index contributed by atoms with van der Waals surface area (Å²) in [7, 11) is 0. The largest absolute Gasteiger partial charge is 0.463 e. The highest BCUT2D eigenvalue weighted by Gasteiger charge is 2.45. The fraction of sp³-hybridized carbons (Fsp3) is 0.625. The van der Waals surface area contributed by atoms with Gasteiger partial charge in [-0.3, -0.25) is 4.90 Å². The molecule has 3 heterocycles. The second kappa shape index (κ2) is 8.48. The molecule has 1 N–H and O–H groups in total. The number of fused-ring (bicyclic) bond motifs is 3. The average molecular weight is 537 g/mol. The molecule has 2 bridgehead atoms. The van der Waals surface area contributed by atoms with Crippen molar-refractivity contribution in [2.45, 2.75) is 64.1 Å². The molecular formula is C24H30BrFN4O4. The molecule has 184 valence electrons. The van der Waals surface area contributed by atoms with E-state index in [1.165, 1.54) is 0 Å². The second-order valence-electron chi connectivity index (χ2n) is 10.7. The Bertz CT molecular complexity index is 1110. The Morgan fingerprint density at radius 1 is 1.24 bits per heavy atom. The van der Waals surface area contributed by atoms with Gasteiger partial charge in [0.15, 0.2) is 5.82 Å². The smallest absolute Gasteiger partial charge is 0.410 e. The van der Waals surface area contributed by atoms with Crippen LogP contribution < -0.4 is 9.64 Å². The molecule has 5 rings (SSSR count). The summed E-state index contributed by atoms with van der Waals surface area (Å²) in [5, 5.41) is 10.2. The summed E-state index contributed by atoms with van der Waals surface area (Å²) in [4.78, 5) is 25.8. The number of aliphatic hydroxyl groups is 1. The molecule has 8 nitrogen and oxygen atoms in total. The van der Waals surface area contributed by atoms with Crippen LogP contribution in [0.3, 0.4) is 0 Å². The van der Waals surface area contributed by atoms with Crippen LogP contribution in [-0.2, 0) is 4.74 Å². The van der Waals surface area contributed by atoms with Gasteiger partial charge in [-0.25, -0.2) is 9.18 Å². The molecule has 2 saturated heterocycles. The number of aromatic nitrogens is 2. The maximum absolute atomic E-state index is 15.0. The van der Waals surface area contributed by atoms with Crippen LogP contribution in [0.5, 0.6) is 6.01 Å². The number of aliphatic hydroxyl groups excluding tert-OH is 1. The number of carbonyl (C=O) groups is 1. The Morgan fingerprint density at radius 2 is 1.91 bits per heavy atom. The number of hydrogen-bond acceptors (Lipinski definition) is 7. The Morgan fingerprint density at radius 3 is 2.50 bits per heavy atom. The summed E-state index contributed by atoms with van der Waals surface area (Å²) >= 11 is 3.25. The lowest BCUT2D eigenvalue weighted by Crippen LogP contribution is -2.57. The van der Waals surface area contributed by atoms with Gasteiger partial charge in [-0.05, 0) is 74.5 Å². The number of anilines is 1. The topological polar surface area (TPSA) is 88.0 Å². The molecule has 0 spiro atoms. The Hall–Kier alpha value is -2.20. The van der Waals surface area contributed by atoms with E-state index >= 15 is 4.39 Å². The van der Waals surface area contributed by atoms with E-state index < -0.39 is 11.4 Å². The van der Waals surface area contributed by atoms with Gasteiger partial charge in [0.25, 0.3) is 0 Å². The number of benzene rings is 1. The molecule has 2 aromatic rings. The van der Waals surface area contributed by atoms with Gasteiger partial charge in [0.2, 0.25) is 0 Å². The molecule has 1 amide bonds. The highest BCUT2D eigenvalue weighted by Crippen LogP contribution is 2.45. The van der Waals surface area contributed by atoms with E-state index in [9.17, 15) is 9.90 Å². The lowest BCUT2D eigenvalue weighted by Gasteiger charge is -2.42. The lowest BCUT2D eigenvalue weighted by molar-refractivity contribution is 0.0122. The Kier molecular flexibility index (Phi) is 5.87. The number of nitrogens with zero attached hydrogens (tertiary/aromatic N) is 4. The number of ether oxygens (including phenoxy) is 2. The van der Waals surface area contributed by atoms with Crippen LogP contribution in [-0.4, -0.2) is 70.1 Å². The van der Waals surface area contributed by atoms with Crippen LogP contribution in [0.25, 0.3) is 10.9 Å². The van der Waals surface area contributed by atoms with Crippen molar-refractivity contribution in [1.29, 1.82) is 0 Å². The van der Waals surface area contributed by atoms with E-state index in [1.807, 2.05) is 25.7 Å². The predicted octanol–water partition coefficient (Wildman–Crippen LogP) is 4.27. The molecule has 2 atom stereocenters. The molecule has 1 aromatic heterocycles. The quantitative estimate of drug-likeness (QED) is 0.610. The second-order valence-corrected chi connectivity index (χ2v) is 11.6. The van der Waals surface area contributed by atoms with E-state index in [2.05, 4.69) is 30.8 Å². The standard InChI is InChI=1S/C24H30BrFN4O4/c1-23(2,3)34-22(32)30-14-4-5-15(30)11-29(10-14)20-16-6-7-17(25)18(26)19(16)27-21(28-20)33-13-24(12-31)8-9-24/h6-7,14-15,31H,4-5,8-13H2,1-3H3. The predicted molar refractivity (Wildman–Crippen MR) is 129 cm³/mol. The van der Waals surface area contributed by atoms with E-state index in [0.717, 1.165) is 25.7 Å². The van der Waals surface area contributed by atoms with E-state index in [-0.39, 0.29) is 41.7 Å². The van der Waals surface area contributed by atoms with Gasteiger partial charge < -0.3 is 19.5 Å². The van der Waals surface area contributed by atoms with Gasteiger partial charge in [0.1, 0.15) is 16.9 Å². The first-order chi connectivity index (χ1) is 16.1. The van der Waals surface area contributed by atoms with E-state index in [4.69, 9.17) is 9.47 Å². The molecule has 1 saturated carbocycles. The zero-order valence-corrected chi connectivity index (χ0v) is 21.3. The first kappa shape index (κ1) is 23.5. The maximum atomic E-state index is 15.0. The highest BCUT2D eigenvalue weighted by molar-refractivity contribution is 9.10. The fourth-order valence-electron chi connectivity index (χ4n) is 4.84. The van der Waals surface area contributed by atoms with Gasteiger partial charge in [-0.15, -0.1) is 0 Å². The summed E-state index contributed by atoms with van der Waals surface area (Å²) in [5.74, 6) is 0.130. The third kappa shape index (κ3) is 4.42. The monoisotopic (exact) mass is 536 g/mol. The summed E-state index contributed by atoms with van der Waals surface area (Å²) in [6.07, 6.45) is 3.25. The Labute approximate surface area is 206 Å². The van der Waals surface area contributed by atoms with Crippen molar-refractivity contribution in [2.75, 3.05) is 31.2 Å². The highest BCUT2D eigenvalue weighted by atomic mass is 79.9. The van der Waals surface area contributed by atoms with Crippen molar-refractivity contribution >= 4 is 38.7 Å². The summed E-state index contributed by atoms with van der Waals surface area (Å²) in [6.45, 7) is 7.08. The normalized spacial score (nSPS) is 23.4. The molecule has 3 aliphatic rings. The van der Waals surface area contributed by atoms with Crippen molar-refractivity contribution in [3.63, 3.8) is 0 Å². The first-order valence-corrected chi connectivity index (χ1v) is 12.5. The van der Waals surface area contributed by atoms with Crippen LogP contribution in [0.1, 0.15) is 46.5 Å².